The molecule has 0 aliphatic rings. The van der Waals surface area contributed by atoms with E-state index in [0.717, 1.165) is 27.8 Å². The summed E-state index contributed by atoms with van der Waals surface area (Å²) >= 11 is 1.07. The summed E-state index contributed by atoms with van der Waals surface area (Å²) in [5.41, 5.74) is 0.303. The second-order valence-electron chi connectivity index (χ2n) is 5.61. The number of nitrogens with one attached hydrogen (secondary N) is 1. The number of thiazole rings is 1. The minimum absolute atomic E-state index is 0.149. The smallest absolute Gasteiger partial charge is 0.351 e. The van der Waals surface area contributed by atoms with Crippen LogP contribution in [0, 0.1) is 11.3 Å². The van der Waals surface area contributed by atoms with Gasteiger partial charge in [0, 0.05) is 29.2 Å². The Balaban J connectivity index is 2.13. The maximum atomic E-state index is 12.7. The fourth-order valence-electron chi connectivity index (χ4n) is 2.67. The van der Waals surface area contributed by atoms with Crippen molar-refractivity contribution in [3.63, 3.8) is 0 Å². The fraction of sp³-hybridized carbons (Fsp3) is 0.211. The molecule has 0 fully saturated rings. The Kier molecular flexibility index (Phi) is 5.81. The molecular formula is C19H17N5O3S. The highest BCUT2D eigenvalue weighted by Crippen LogP contribution is 2.21. The van der Waals surface area contributed by atoms with Gasteiger partial charge in [0.15, 0.2) is 5.57 Å². The Morgan fingerprint density at radius 1 is 1.36 bits per heavy atom. The molecule has 0 aliphatic carbocycles. The summed E-state index contributed by atoms with van der Waals surface area (Å²) in [6, 6.07) is 7.50. The number of benzene rings is 1. The summed E-state index contributed by atoms with van der Waals surface area (Å²) < 4.78 is 6.97. The predicted molar refractivity (Wildman–Crippen MR) is 107 cm³/mol. The van der Waals surface area contributed by atoms with Crippen LogP contribution in [-0.4, -0.2) is 27.3 Å². The van der Waals surface area contributed by atoms with Crippen LogP contribution in [0.1, 0.15) is 13.8 Å². The minimum atomic E-state index is -0.736. The van der Waals surface area contributed by atoms with E-state index in [9.17, 15) is 14.9 Å². The Hall–Kier alpha value is -3.51. The number of nitrogens with zero attached hydrogens (tertiary/aromatic N) is 4. The molecule has 0 amide bonds. The highest BCUT2D eigenvalue weighted by Gasteiger charge is 2.16. The third kappa shape index (κ3) is 3.63. The first-order valence-electron chi connectivity index (χ1n) is 8.58. The van der Waals surface area contributed by atoms with Crippen LogP contribution in [0.2, 0.25) is 0 Å². The van der Waals surface area contributed by atoms with Crippen molar-refractivity contribution in [1.29, 1.82) is 5.26 Å². The molecule has 0 saturated heterocycles. The molecule has 0 radical (unpaired) electrons. The van der Waals surface area contributed by atoms with Gasteiger partial charge in [0.1, 0.15) is 15.3 Å². The first-order valence-corrected chi connectivity index (χ1v) is 9.39. The van der Waals surface area contributed by atoms with Gasteiger partial charge in [-0.2, -0.15) is 15.5 Å². The molecule has 2 aromatic heterocycles. The van der Waals surface area contributed by atoms with Crippen molar-refractivity contribution in [2.24, 2.45) is 0 Å². The van der Waals surface area contributed by atoms with E-state index in [2.05, 4.69) is 15.5 Å². The molecule has 0 spiro atoms. The van der Waals surface area contributed by atoms with Crippen LogP contribution < -0.4 is 20.1 Å². The van der Waals surface area contributed by atoms with Crippen LogP contribution in [0.4, 0.5) is 5.69 Å². The minimum Gasteiger partial charge on any atom is -0.462 e. The number of ether oxygens (including phenoxy) is 1. The standard InChI is InChI=1S/C19H17N5O3S/c1-3-24-17(25)16(28-18(24)13(8-20)19(26)27-4-2)11-21-15-7-5-6-12-9-22-23-10-14(12)15/h5-7,9-11,21H,3-4H2,1-2H3/b16-11-,18-13-. The number of nitriles is 1. The Morgan fingerprint density at radius 3 is 2.86 bits per heavy atom. The van der Waals surface area contributed by atoms with Crippen molar-refractivity contribution in [3.8, 4) is 6.07 Å². The zero-order valence-corrected chi connectivity index (χ0v) is 16.1. The number of fused-ring (bicyclic) bond motifs is 1. The first-order chi connectivity index (χ1) is 13.6. The largest absolute Gasteiger partial charge is 0.462 e. The van der Waals surface area contributed by atoms with E-state index in [1.807, 2.05) is 24.3 Å². The number of carbonyl (C=O) groups is 1. The van der Waals surface area contributed by atoms with Crippen LogP contribution >= 0.6 is 11.3 Å². The number of aromatic nitrogens is 3. The fourth-order valence-corrected chi connectivity index (χ4v) is 3.75. The molecule has 1 N–H and O–H groups in total. The number of anilines is 1. The van der Waals surface area contributed by atoms with Crippen LogP contribution in [0.15, 0.2) is 35.4 Å². The highest BCUT2D eigenvalue weighted by atomic mass is 32.1. The Bertz CT molecular complexity index is 1250. The van der Waals surface area contributed by atoms with Gasteiger partial charge in [-0.05, 0) is 19.9 Å². The number of esters is 1. The number of hydrogen-bond acceptors (Lipinski definition) is 8. The van der Waals surface area contributed by atoms with E-state index < -0.39 is 5.97 Å². The van der Waals surface area contributed by atoms with Gasteiger partial charge in [0.25, 0.3) is 5.56 Å². The lowest BCUT2D eigenvalue weighted by Gasteiger charge is -2.04. The van der Waals surface area contributed by atoms with E-state index in [-0.39, 0.29) is 22.4 Å². The quantitative estimate of drug-likeness (QED) is 0.641. The van der Waals surface area contributed by atoms with Crippen molar-refractivity contribution >= 4 is 45.5 Å². The van der Waals surface area contributed by atoms with Gasteiger partial charge in [0.2, 0.25) is 0 Å². The van der Waals surface area contributed by atoms with E-state index in [4.69, 9.17) is 4.74 Å². The molecule has 28 heavy (non-hydrogen) atoms. The summed E-state index contributed by atoms with van der Waals surface area (Å²) in [5, 5.41) is 22.0. The molecule has 8 nitrogen and oxygen atoms in total. The van der Waals surface area contributed by atoms with Gasteiger partial charge in [-0.3, -0.25) is 9.36 Å². The molecule has 0 aliphatic heterocycles. The van der Waals surface area contributed by atoms with Crippen molar-refractivity contribution < 1.29 is 9.53 Å². The Morgan fingerprint density at radius 2 is 2.14 bits per heavy atom. The summed E-state index contributed by atoms with van der Waals surface area (Å²) in [5.74, 6) is -0.736. The Labute approximate surface area is 164 Å². The van der Waals surface area contributed by atoms with Crippen molar-refractivity contribution in [2.75, 3.05) is 11.9 Å². The molecule has 0 saturated carbocycles. The second-order valence-corrected chi connectivity index (χ2v) is 6.65. The zero-order valence-electron chi connectivity index (χ0n) is 15.3. The van der Waals surface area contributed by atoms with E-state index in [1.54, 1.807) is 32.4 Å². The lowest BCUT2D eigenvalue weighted by atomic mass is 10.2. The third-order valence-corrected chi connectivity index (χ3v) is 5.11. The van der Waals surface area contributed by atoms with Gasteiger partial charge < -0.3 is 10.1 Å². The van der Waals surface area contributed by atoms with E-state index in [0.29, 0.717) is 11.1 Å². The summed E-state index contributed by atoms with van der Waals surface area (Å²) in [6.07, 6.45) is 4.86. The molecule has 0 unspecified atom stereocenters. The molecular weight excluding hydrogens is 378 g/mol. The van der Waals surface area contributed by atoms with Crippen molar-refractivity contribution in [1.82, 2.24) is 14.8 Å². The lowest BCUT2D eigenvalue weighted by molar-refractivity contribution is -0.136. The monoisotopic (exact) mass is 395 g/mol. The SMILES string of the molecule is CCOC(=O)/C(C#N)=c1\s/c(=C\Nc2cccc3cnncc23)c(=O)n1CC. The molecule has 142 valence electrons. The first kappa shape index (κ1) is 19.3. The van der Waals surface area contributed by atoms with Crippen molar-refractivity contribution in [2.45, 2.75) is 20.4 Å². The van der Waals surface area contributed by atoms with Gasteiger partial charge in [-0.1, -0.05) is 12.1 Å². The normalized spacial score (nSPS) is 12.5. The molecule has 3 aromatic rings. The maximum absolute atomic E-state index is 12.7. The average molecular weight is 395 g/mol. The number of rotatable bonds is 5. The second kappa shape index (κ2) is 8.45. The third-order valence-electron chi connectivity index (χ3n) is 3.98. The molecule has 1 aromatic carbocycles. The van der Waals surface area contributed by atoms with Crippen LogP contribution in [-0.2, 0) is 16.1 Å². The predicted octanol–water partition coefficient (Wildman–Crippen LogP) is 0.960. The van der Waals surface area contributed by atoms with Gasteiger partial charge in [-0.25, -0.2) is 4.79 Å². The van der Waals surface area contributed by atoms with Gasteiger partial charge in [-0.15, -0.1) is 11.3 Å². The zero-order chi connectivity index (χ0) is 20.1. The summed E-state index contributed by atoms with van der Waals surface area (Å²) in [4.78, 5) is 24.8. The van der Waals surface area contributed by atoms with Crippen LogP contribution in [0.3, 0.4) is 0 Å². The van der Waals surface area contributed by atoms with Crippen molar-refractivity contribution in [3.05, 3.63) is 50.1 Å². The van der Waals surface area contributed by atoms with E-state index in [1.165, 1.54) is 4.57 Å². The molecule has 9 heteroatoms. The van der Waals surface area contributed by atoms with Crippen LogP contribution in [0.25, 0.3) is 22.5 Å². The van der Waals surface area contributed by atoms with E-state index >= 15 is 0 Å². The number of hydrogen-bond donors (Lipinski definition) is 1. The lowest BCUT2D eigenvalue weighted by Crippen LogP contribution is -2.32. The highest BCUT2D eigenvalue weighted by molar-refractivity contribution is 7.07. The molecule has 0 atom stereocenters. The molecule has 0 bridgehead atoms. The molecule has 2 heterocycles. The average Bonchev–Trinajstić information content (AvgIpc) is 3.02. The van der Waals surface area contributed by atoms with Crippen LogP contribution in [0.5, 0.6) is 0 Å². The number of carbonyl (C=O) groups excluding carboxylic acids is 1. The summed E-state index contributed by atoms with van der Waals surface area (Å²) in [7, 11) is 0. The molecule has 3 rings (SSSR count). The van der Waals surface area contributed by atoms with Gasteiger partial charge in [0.05, 0.1) is 19.0 Å². The topological polar surface area (TPSA) is 110 Å². The van der Waals surface area contributed by atoms with Gasteiger partial charge >= 0.3 is 5.97 Å². The maximum Gasteiger partial charge on any atom is 0.351 e. The summed E-state index contributed by atoms with van der Waals surface area (Å²) in [6.45, 7) is 3.91.